The molecule has 0 aliphatic carbocycles. The van der Waals surface area contributed by atoms with Crippen LogP contribution in [-0.2, 0) is 4.74 Å². The smallest absolute Gasteiger partial charge is 0.106 e. The van der Waals surface area contributed by atoms with E-state index in [9.17, 15) is 10.2 Å². The molecule has 0 amide bonds. The van der Waals surface area contributed by atoms with Crippen LogP contribution >= 0.6 is 0 Å². The number of ether oxygens (including phenoxy) is 1. The molecule has 4 atom stereocenters. The molecule has 13 heavy (non-hydrogen) atoms. The number of aliphatic hydroxyl groups is 2. The van der Waals surface area contributed by atoms with Crippen LogP contribution in [0.25, 0.3) is 10.4 Å². The van der Waals surface area contributed by atoms with Gasteiger partial charge in [0.15, 0.2) is 0 Å². The van der Waals surface area contributed by atoms with Gasteiger partial charge in [-0.3, -0.25) is 0 Å². The third-order valence-electron chi connectivity index (χ3n) is 2.08. The van der Waals surface area contributed by atoms with E-state index in [0.717, 1.165) is 0 Å². The van der Waals surface area contributed by atoms with Gasteiger partial charge in [0.25, 0.3) is 0 Å². The number of hydrogen-bond donors (Lipinski definition) is 2. The van der Waals surface area contributed by atoms with E-state index in [2.05, 4.69) is 10.0 Å². The highest BCUT2D eigenvalue weighted by atomic mass is 16.5. The van der Waals surface area contributed by atoms with Gasteiger partial charge in [0.2, 0.25) is 0 Å². The summed E-state index contributed by atoms with van der Waals surface area (Å²) in [6, 6.07) is 0. The first-order valence-electron chi connectivity index (χ1n) is 4.17. The Morgan fingerprint density at radius 3 is 2.92 bits per heavy atom. The predicted octanol–water partition coefficient (Wildman–Crippen LogP) is 0.196. The lowest BCUT2D eigenvalue weighted by atomic mass is 9.99. The summed E-state index contributed by atoms with van der Waals surface area (Å²) in [6.45, 7) is 1.86. The molecule has 1 saturated heterocycles. The number of azide groups is 1. The quantitative estimate of drug-likeness (QED) is 0.367. The largest absolute Gasteiger partial charge is 0.390 e. The van der Waals surface area contributed by atoms with Crippen LogP contribution in [0.4, 0.5) is 0 Å². The van der Waals surface area contributed by atoms with Crippen LogP contribution in [0.3, 0.4) is 0 Å². The van der Waals surface area contributed by atoms with Crippen molar-refractivity contribution in [3.05, 3.63) is 10.4 Å². The molecule has 0 aromatic carbocycles. The van der Waals surface area contributed by atoms with Gasteiger partial charge in [-0.05, 0) is 12.5 Å². The highest BCUT2D eigenvalue weighted by molar-refractivity contribution is 4.85. The van der Waals surface area contributed by atoms with E-state index in [0.29, 0.717) is 6.42 Å². The number of rotatable bonds is 2. The maximum absolute atomic E-state index is 9.42. The molecule has 6 nitrogen and oxygen atoms in total. The molecule has 6 heteroatoms. The van der Waals surface area contributed by atoms with Crippen LogP contribution in [0.15, 0.2) is 5.11 Å². The molecule has 1 heterocycles. The van der Waals surface area contributed by atoms with Crippen LogP contribution in [0.2, 0.25) is 0 Å². The molecule has 1 aliphatic rings. The highest BCUT2D eigenvalue weighted by Gasteiger charge is 2.34. The number of nitrogens with zero attached hydrogens (tertiary/aromatic N) is 3. The summed E-state index contributed by atoms with van der Waals surface area (Å²) in [7, 11) is 0. The van der Waals surface area contributed by atoms with Crippen LogP contribution < -0.4 is 0 Å². The minimum atomic E-state index is -0.957. The average molecular weight is 187 g/mol. The molecule has 1 aliphatic heterocycles. The minimum absolute atomic E-state index is 0.0546. The van der Waals surface area contributed by atoms with Gasteiger partial charge in [-0.1, -0.05) is 5.11 Å². The summed E-state index contributed by atoms with van der Waals surface area (Å²) in [5, 5.41) is 22.1. The van der Waals surface area contributed by atoms with Gasteiger partial charge in [-0.25, -0.2) is 0 Å². The standard InChI is InChI=1S/C7H13N3O3/c1-4-2-5(11)7(12)6(13-4)3-9-10-8/h4-7,11-12H,2-3H2,1H3/t4-,5-,6+,7+/m1/s1. The fourth-order valence-electron chi connectivity index (χ4n) is 1.43. The van der Waals surface area contributed by atoms with Crippen molar-refractivity contribution >= 4 is 0 Å². The van der Waals surface area contributed by atoms with Gasteiger partial charge in [0.1, 0.15) is 6.10 Å². The highest BCUT2D eigenvalue weighted by Crippen LogP contribution is 2.20. The first-order valence-corrected chi connectivity index (χ1v) is 4.17. The Balaban J connectivity index is 2.55. The van der Waals surface area contributed by atoms with E-state index in [4.69, 9.17) is 10.3 Å². The van der Waals surface area contributed by atoms with Crippen LogP contribution in [0.1, 0.15) is 13.3 Å². The number of aliphatic hydroxyl groups excluding tert-OH is 2. The van der Waals surface area contributed by atoms with E-state index in [1.54, 1.807) is 6.92 Å². The molecule has 0 bridgehead atoms. The van der Waals surface area contributed by atoms with Crippen molar-refractivity contribution in [1.29, 1.82) is 0 Å². The Labute approximate surface area is 75.8 Å². The van der Waals surface area contributed by atoms with Gasteiger partial charge in [0.05, 0.1) is 24.9 Å². The normalized spacial score (nSPS) is 39.6. The van der Waals surface area contributed by atoms with Gasteiger partial charge in [0, 0.05) is 11.3 Å². The second-order valence-corrected chi connectivity index (χ2v) is 3.19. The van der Waals surface area contributed by atoms with Crippen LogP contribution in [0, 0.1) is 0 Å². The van der Waals surface area contributed by atoms with E-state index in [-0.39, 0.29) is 12.6 Å². The second kappa shape index (κ2) is 4.43. The molecule has 2 N–H and O–H groups in total. The monoisotopic (exact) mass is 187 g/mol. The molecule has 0 aromatic rings. The van der Waals surface area contributed by atoms with Crippen molar-refractivity contribution in [2.75, 3.05) is 6.54 Å². The average Bonchev–Trinajstić information content (AvgIpc) is 2.09. The van der Waals surface area contributed by atoms with Gasteiger partial charge >= 0.3 is 0 Å². The molecule has 1 fully saturated rings. The maximum atomic E-state index is 9.42. The van der Waals surface area contributed by atoms with Gasteiger partial charge < -0.3 is 14.9 Å². The summed E-state index contributed by atoms with van der Waals surface area (Å²) in [6.07, 6.45) is -2.04. The lowest BCUT2D eigenvalue weighted by Gasteiger charge is -2.35. The zero-order valence-corrected chi connectivity index (χ0v) is 7.37. The van der Waals surface area contributed by atoms with Crippen LogP contribution in [-0.4, -0.2) is 41.2 Å². The second-order valence-electron chi connectivity index (χ2n) is 3.19. The Hall–Kier alpha value is -0.810. The third-order valence-corrected chi connectivity index (χ3v) is 2.08. The minimum Gasteiger partial charge on any atom is -0.390 e. The van der Waals surface area contributed by atoms with Gasteiger partial charge in [-0.15, -0.1) is 0 Å². The molecule has 0 unspecified atom stereocenters. The Bertz CT molecular complexity index is 217. The number of hydrogen-bond acceptors (Lipinski definition) is 4. The zero-order chi connectivity index (χ0) is 9.84. The van der Waals surface area contributed by atoms with Crippen LogP contribution in [0.5, 0.6) is 0 Å². The molecule has 74 valence electrons. The predicted molar refractivity (Wildman–Crippen MR) is 45.0 cm³/mol. The summed E-state index contributed by atoms with van der Waals surface area (Å²) in [5.41, 5.74) is 8.07. The summed E-state index contributed by atoms with van der Waals surface area (Å²) >= 11 is 0. The Morgan fingerprint density at radius 1 is 1.62 bits per heavy atom. The fourth-order valence-corrected chi connectivity index (χ4v) is 1.43. The lowest BCUT2D eigenvalue weighted by molar-refractivity contribution is -0.159. The van der Waals surface area contributed by atoms with Crippen molar-refractivity contribution < 1.29 is 14.9 Å². The lowest BCUT2D eigenvalue weighted by Crippen LogP contribution is -2.48. The van der Waals surface area contributed by atoms with Crippen molar-refractivity contribution in [3.63, 3.8) is 0 Å². The van der Waals surface area contributed by atoms with Crippen molar-refractivity contribution in [2.24, 2.45) is 5.11 Å². The van der Waals surface area contributed by atoms with Crippen molar-refractivity contribution in [3.8, 4) is 0 Å². The third kappa shape index (κ3) is 2.57. The fraction of sp³-hybridized carbons (Fsp3) is 1.00. The van der Waals surface area contributed by atoms with Crippen molar-refractivity contribution in [2.45, 2.75) is 37.8 Å². The molecule has 0 radical (unpaired) electrons. The van der Waals surface area contributed by atoms with E-state index < -0.39 is 18.3 Å². The van der Waals surface area contributed by atoms with Crippen molar-refractivity contribution in [1.82, 2.24) is 0 Å². The first-order chi connectivity index (χ1) is 6.15. The topological polar surface area (TPSA) is 98.5 Å². The van der Waals surface area contributed by atoms with Gasteiger partial charge in [-0.2, -0.15) is 0 Å². The molecule has 0 spiro atoms. The molecule has 0 saturated carbocycles. The SMILES string of the molecule is C[C@@H]1C[C@@H](O)[C@H](O)[C@H](CN=[N+]=[N-])O1. The summed E-state index contributed by atoms with van der Waals surface area (Å²) in [5.74, 6) is 0. The summed E-state index contributed by atoms with van der Waals surface area (Å²) < 4.78 is 5.30. The molecular weight excluding hydrogens is 174 g/mol. The Morgan fingerprint density at radius 2 is 2.31 bits per heavy atom. The first kappa shape index (κ1) is 10.3. The van der Waals surface area contributed by atoms with E-state index in [1.807, 2.05) is 0 Å². The molecule has 0 aromatic heterocycles. The Kier molecular flexibility index (Phi) is 3.50. The van der Waals surface area contributed by atoms with E-state index >= 15 is 0 Å². The maximum Gasteiger partial charge on any atom is 0.106 e. The summed E-state index contributed by atoms with van der Waals surface area (Å²) in [4.78, 5) is 2.57. The molecule has 1 rings (SSSR count). The zero-order valence-electron chi connectivity index (χ0n) is 7.37. The molecular formula is C7H13N3O3. The van der Waals surface area contributed by atoms with E-state index in [1.165, 1.54) is 0 Å².